The van der Waals surface area contributed by atoms with Gasteiger partial charge in [-0.3, -0.25) is 0 Å². The van der Waals surface area contributed by atoms with E-state index in [1.165, 1.54) is 0 Å². The molecule has 0 aliphatic carbocycles. The predicted octanol–water partition coefficient (Wildman–Crippen LogP) is 2.52. The van der Waals surface area contributed by atoms with Crippen molar-refractivity contribution in [2.75, 3.05) is 0 Å². The number of aryl methyl sites for hydroxylation is 1. The molecule has 1 aromatic heterocycles. The molecule has 2 aromatic rings. The number of aliphatic hydroxyl groups excluding tert-OH is 1. The lowest BCUT2D eigenvalue weighted by molar-refractivity contribution is 0.178. The average Bonchev–Trinajstić information content (AvgIpc) is 2.63. The first-order valence-corrected chi connectivity index (χ1v) is 6.15. The standard InChI is InChI=1S/C13H17ClN2O/c1-9(17)4-5-16-8-10(7-15)12-3-2-11(14)6-13(12)16/h2-3,6,8-9,17H,4-5,7,15H2,1H3. The highest BCUT2D eigenvalue weighted by atomic mass is 35.5. The van der Waals surface area contributed by atoms with Crippen molar-refractivity contribution in [3.63, 3.8) is 0 Å². The van der Waals surface area contributed by atoms with Crippen LogP contribution in [-0.2, 0) is 13.1 Å². The zero-order valence-electron chi connectivity index (χ0n) is 9.86. The fourth-order valence-electron chi connectivity index (χ4n) is 2.01. The Morgan fingerprint density at radius 1 is 1.47 bits per heavy atom. The third kappa shape index (κ3) is 2.63. The van der Waals surface area contributed by atoms with Gasteiger partial charge in [-0.15, -0.1) is 0 Å². The first-order chi connectivity index (χ1) is 8.11. The first-order valence-electron chi connectivity index (χ1n) is 5.77. The Labute approximate surface area is 106 Å². The van der Waals surface area contributed by atoms with Crippen LogP contribution in [0.4, 0.5) is 0 Å². The van der Waals surface area contributed by atoms with Crippen molar-refractivity contribution in [1.82, 2.24) is 4.57 Å². The number of benzene rings is 1. The third-order valence-corrected chi connectivity index (χ3v) is 3.17. The summed E-state index contributed by atoms with van der Waals surface area (Å²) in [6, 6.07) is 5.82. The molecule has 1 heterocycles. The maximum absolute atomic E-state index is 9.34. The smallest absolute Gasteiger partial charge is 0.0529 e. The maximum atomic E-state index is 9.34. The lowest BCUT2D eigenvalue weighted by Crippen LogP contribution is -2.06. The molecule has 0 spiro atoms. The van der Waals surface area contributed by atoms with E-state index in [-0.39, 0.29) is 6.10 Å². The molecule has 1 unspecified atom stereocenters. The van der Waals surface area contributed by atoms with Crippen LogP contribution in [0.25, 0.3) is 10.9 Å². The Kier molecular flexibility index (Phi) is 3.72. The minimum absolute atomic E-state index is 0.298. The van der Waals surface area contributed by atoms with Crippen molar-refractivity contribution >= 4 is 22.5 Å². The summed E-state index contributed by atoms with van der Waals surface area (Å²) in [6.45, 7) is 3.08. The molecular formula is C13H17ClN2O. The molecule has 0 amide bonds. The Bertz CT molecular complexity index is 519. The largest absolute Gasteiger partial charge is 0.393 e. The number of aromatic nitrogens is 1. The predicted molar refractivity (Wildman–Crippen MR) is 71.1 cm³/mol. The number of fused-ring (bicyclic) bond motifs is 1. The van der Waals surface area contributed by atoms with Crippen LogP contribution < -0.4 is 5.73 Å². The molecule has 0 fully saturated rings. The van der Waals surface area contributed by atoms with E-state index in [2.05, 4.69) is 4.57 Å². The summed E-state index contributed by atoms with van der Waals surface area (Å²) >= 11 is 6.01. The topological polar surface area (TPSA) is 51.2 Å². The minimum atomic E-state index is -0.298. The van der Waals surface area contributed by atoms with Gasteiger partial charge in [-0.1, -0.05) is 17.7 Å². The van der Waals surface area contributed by atoms with Crippen molar-refractivity contribution in [3.8, 4) is 0 Å². The van der Waals surface area contributed by atoms with Crippen LogP contribution in [0, 0.1) is 0 Å². The van der Waals surface area contributed by atoms with E-state index >= 15 is 0 Å². The van der Waals surface area contributed by atoms with Crippen LogP contribution in [0.3, 0.4) is 0 Å². The summed E-state index contributed by atoms with van der Waals surface area (Å²) in [6.07, 6.45) is 2.47. The Hall–Kier alpha value is -1.03. The second-order valence-corrected chi connectivity index (χ2v) is 4.79. The molecule has 3 N–H and O–H groups in total. The van der Waals surface area contributed by atoms with Crippen molar-refractivity contribution in [2.24, 2.45) is 5.73 Å². The van der Waals surface area contributed by atoms with E-state index in [9.17, 15) is 5.11 Å². The zero-order chi connectivity index (χ0) is 12.4. The van der Waals surface area contributed by atoms with Crippen LogP contribution in [0.1, 0.15) is 18.9 Å². The van der Waals surface area contributed by atoms with E-state index in [4.69, 9.17) is 17.3 Å². The molecule has 0 aliphatic heterocycles. The summed E-state index contributed by atoms with van der Waals surface area (Å²) in [5.74, 6) is 0. The number of aliphatic hydroxyl groups is 1. The van der Waals surface area contributed by atoms with Crippen LogP contribution in [0.5, 0.6) is 0 Å². The van der Waals surface area contributed by atoms with Crippen LogP contribution >= 0.6 is 11.6 Å². The summed E-state index contributed by atoms with van der Waals surface area (Å²) in [5.41, 5.74) is 7.92. The molecular weight excluding hydrogens is 236 g/mol. The summed E-state index contributed by atoms with van der Waals surface area (Å²) < 4.78 is 2.11. The quantitative estimate of drug-likeness (QED) is 0.879. The molecule has 0 radical (unpaired) electrons. The second kappa shape index (κ2) is 5.08. The molecule has 0 saturated carbocycles. The fraction of sp³-hybridized carbons (Fsp3) is 0.385. The van der Waals surface area contributed by atoms with Crippen molar-refractivity contribution in [1.29, 1.82) is 0 Å². The molecule has 4 heteroatoms. The Balaban J connectivity index is 2.43. The van der Waals surface area contributed by atoms with Crippen molar-refractivity contribution < 1.29 is 5.11 Å². The van der Waals surface area contributed by atoms with Crippen LogP contribution in [0.2, 0.25) is 5.02 Å². The van der Waals surface area contributed by atoms with Gasteiger partial charge in [0.05, 0.1) is 6.10 Å². The molecule has 92 valence electrons. The van der Waals surface area contributed by atoms with Gasteiger partial charge < -0.3 is 15.4 Å². The van der Waals surface area contributed by atoms with E-state index < -0.39 is 0 Å². The van der Waals surface area contributed by atoms with E-state index in [1.807, 2.05) is 24.4 Å². The van der Waals surface area contributed by atoms with Gasteiger partial charge in [0.2, 0.25) is 0 Å². The monoisotopic (exact) mass is 252 g/mol. The number of hydrogen-bond donors (Lipinski definition) is 2. The number of nitrogens with two attached hydrogens (primary N) is 1. The van der Waals surface area contributed by atoms with Crippen LogP contribution in [-0.4, -0.2) is 15.8 Å². The van der Waals surface area contributed by atoms with Crippen LogP contribution in [0.15, 0.2) is 24.4 Å². The normalized spacial score (nSPS) is 13.2. The SMILES string of the molecule is CC(O)CCn1cc(CN)c2ccc(Cl)cc21. The van der Waals surface area contributed by atoms with Gasteiger partial charge in [0.15, 0.2) is 0 Å². The van der Waals surface area contributed by atoms with Gasteiger partial charge in [-0.25, -0.2) is 0 Å². The first kappa shape index (κ1) is 12.4. The van der Waals surface area contributed by atoms with Gasteiger partial charge in [-0.05, 0) is 31.0 Å². The number of rotatable bonds is 4. The van der Waals surface area contributed by atoms with Gasteiger partial charge in [0.1, 0.15) is 0 Å². The molecule has 17 heavy (non-hydrogen) atoms. The highest BCUT2D eigenvalue weighted by Gasteiger charge is 2.08. The Morgan fingerprint density at radius 3 is 2.88 bits per heavy atom. The molecule has 0 saturated heterocycles. The van der Waals surface area contributed by atoms with Gasteiger partial charge in [0, 0.05) is 35.2 Å². The van der Waals surface area contributed by atoms with E-state index in [1.54, 1.807) is 6.92 Å². The minimum Gasteiger partial charge on any atom is -0.393 e. The summed E-state index contributed by atoms with van der Waals surface area (Å²) in [5, 5.41) is 11.2. The van der Waals surface area contributed by atoms with Gasteiger partial charge in [0.25, 0.3) is 0 Å². The molecule has 2 rings (SSSR count). The summed E-state index contributed by atoms with van der Waals surface area (Å²) in [4.78, 5) is 0. The fourth-order valence-corrected chi connectivity index (χ4v) is 2.18. The van der Waals surface area contributed by atoms with Gasteiger partial charge in [-0.2, -0.15) is 0 Å². The number of hydrogen-bond acceptors (Lipinski definition) is 2. The van der Waals surface area contributed by atoms with Gasteiger partial charge >= 0.3 is 0 Å². The third-order valence-electron chi connectivity index (χ3n) is 2.93. The summed E-state index contributed by atoms with van der Waals surface area (Å²) in [7, 11) is 0. The molecule has 1 atom stereocenters. The number of halogens is 1. The maximum Gasteiger partial charge on any atom is 0.0529 e. The molecule has 1 aromatic carbocycles. The highest BCUT2D eigenvalue weighted by Crippen LogP contribution is 2.25. The second-order valence-electron chi connectivity index (χ2n) is 4.35. The number of nitrogens with zero attached hydrogens (tertiary/aromatic N) is 1. The average molecular weight is 253 g/mol. The molecule has 0 aliphatic rings. The van der Waals surface area contributed by atoms with Crippen molar-refractivity contribution in [3.05, 3.63) is 35.0 Å². The highest BCUT2D eigenvalue weighted by molar-refractivity contribution is 6.31. The zero-order valence-corrected chi connectivity index (χ0v) is 10.6. The molecule has 0 bridgehead atoms. The Morgan fingerprint density at radius 2 is 2.24 bits per heavy atom. The van der Waals surface area contributed by atoms with E-state index in [0.29, 0.717) is 6.54 Å². The van der Waals surface area contributed by atoms with E-state index in [0.717, 1.165) is 34.5 Å². The lowest BCUT2D eigenvalue weighted by Gasteiger charge is -2.07. The lowest BCUT2D eigenvalue weighted by atomic mass is 10.2. The molecule has 3 nitrogen and oxygen atoms in total. The van der Waals surface area contributed by atoms with Crippen molar-refractivity contribution in [2.45, 2.75) is 32.5 Å².